The SMILES string of the molecule is CC(C(=O)NCc1ccc(C(F)(F)F)nc1C=Cc1ccccc1)c1ccc(CNS(C)(=O)=O)c(F)c1. The van der Waals surface area contributed by atoms with Crippen molar-refractivity contribution in [2.75, 3.05) is 6.26 Å². The lowest BCUT2D eigenvalue weighted by atomic mass is 9.98. The molecule has 0 saturated heterocycles. The number of nitrogens with zero attached hydrogens (tertiary/aromatic N) is 1. The molecule has 0 fully saturated rings. The van der Waals surface area contributed by atoms with Gasteiger partial charge in [0.2, 0.25) is 15.9 Å². The maximum atomic E-state index is 14.4. The van der Waals surface area contributed by atoms with Gasteiger partial charge in [0, 0.05) is 18.7 Å². The van der Waals surface area contributed by atoms with Gasteiger partial charge < -0.3 is 5.32 Å². The molecule has 1 atom stereocenters. The number of hydrogen-bond acceptors (Lipinski definition) is 4. The van der Waals surface area contributed by atoms with Gasteiger partial charge in [-0.15, -0.1) is 0 Å². The van der Waals surface area contributed by atoms with Crippen LogP contribution in [0.25, 0.3) is 12.2 Å². The van der Waals surface area contributed by atoms with E-state index < -0.39 is 39.5 Å². The number of rotatable bonds is 9. The van der Waals surface area contributed by atoms with E-state index in [1.165, 1.54) is 24.3 Å². The van der Waals surface area contributed by atoms with Crippen LogP contribution in [0.4, 0.5) is 17.6 Å². The molecule has 0 aliphatic carbocycles. The average molecular weight is 536 g/mol. The quantitative estimate of drug-likeness (QED) is 0.383. The molecule has 3 rings (SSSR count). The van der Waals surface area contributed by atoms with Gasteiger partial charge in [-0.05, 0) is 41.8 Å². The van der Waals surface area contributed by atoms with Crippen molar-refractivity contribution in [3.63, 3.8) is 0 Å². The van der Waals surface area contributed by atoms with E-state index in [0.717, 1.165) is 24.0 Å². The van der Waals surface area contributed by atoms with Crippen LogP contribution in [0.1, 0.15) is 46.5 Å². The van der Waals surface area contributed by atoms with Crippen LogP contribution in [0.2, 0.25) is 0 Å². The number of amides is 1. The van der Waals surface area contributed by atoms with Gasteiger partial charge in [-0.1, -0.05) is 54.6 Å². The van der Waals surface area contributed by atoms with Crippen molar-refractivity contribution in [1.29, 1.82) is 0 Å². The molecule has 37 heavy (non-hydrogen) atoms. The molecule has 6 nitrogen and oxygen atoms in total. The van der Waals surface area contributed by atoms with Crippen molar-refractivity contribution in [3.8, 4) is 0 Å². The molecule has 3 aromatic rings. The van der Waals surface area contributed by atoms with E-state index in [1.807, 2.05) is 6.07 Å². The highest BCUT2D eigenvalue weighted by atomic mass is 32.2. The molecule has 0 bridgehead atoms. The summed E-state index contributed by atoms with van der Waals surface area (Å²) >= 11 is 0. The Balaban J connectivity index is 1.75. The number of halogens is 4. The summed E-state index contributed by atoms with van der Waals surface area (Å²) in [6, 6.07) is 15.1. The minimum atomic E-state index is -4.63. The number of hydrogen-bond donors (Lipinski definition) is 2. The number of alkyl halides is 3. The zero-order chi connectivity index (χ0) is 27.2. The highest BCUT2D eigenvalue weighted by Crippen LogP contribution is 2.29. The molecule has 11 heteroatoms. The number of nitrogens with one attached hydrogen (secondary N) is 2. The first-order valence-electron chi connectivity index (χ1n) is 11.1. The fourth-order valence-electron chi connectivity index (χ4n) is 3.37. The van der Waals surface area contributed by atoms with E-state index in [2.05, 4.69) is 15.0 Å². The Bertz CT molecular complexity index is 1390. The van der Waals surface area contributed by atoms with Crippen LogP contribution in [0.15, 0.2) is 60.7 Å². The maximum Gasteiger partial charge on any atom is 0.433 e. The van der Waals surface area contributed by atoms with Crippen LogP contribution in [0.5, 0.6) is 0 Å². The molecule has 0 radical (unpaired) electrons. The molecular weight excluding hydrogens is 510 g/mol. The second kappa shape index (κ2) is 11.7. The van der Waals surface area contributed by atoms with Crippen molar-refractivity contribution in [3.05, 3.63) is 100 Å². The summed E-state index contributed by atoms with van der Waals surface area (Å²) in [5, 5.41) is 2.66. The molecule has 1 heterocycles. The minimum Gasteiger partial charge on any atom is -0.351 e. The Kier molecular flexibility index (Phi) is 8.82. The van der Waals surface area contributed by atoms with Crippen LogP contribution in [-0.2, 0) is 34.1 Å². The van der Waals surface area contributed by atoms with Gasteiger partial charge in [0.1, 0.15) is 11.5 Å². The molecule has 0 saturated carbocycles. The molecule has 0 aliphatic rings. The Morgan fingerprint density at radius 3 is 2.30 bits per heavy atom. The number of carbonyl (C=O) groups excluding carboxylic acids is 1. The van der Waals surface area contributed by atoms with Gasteiger partial charge in [-0.3, -0.25) is 4.79 Å². The van der Waals surface area contributed by atoms with Crippen molar-refractivity contribution < 1.29 is 30.8 Å². The summed E-state index contributed by atoms with van der Waals surface area (Å²) < 4.78 is 78.7. The summed E-state index contributed by atoms with van der Waals surface area (Å²) in [6.07, 6.45) is -0.590. The van der Waals surface area contributed by atoms with Crippen LogP contribution < -0.4 is 10.0 Å². The van der Waals surface area contributed by atoms with E-state index in [0.29, 0.717) is 11.1 Å². The smallest absolute Gasteiger partial charge is 0.351 e. The van der Waals surface area contributed by atoms with E-state index in [9.17, 15) is 30.8 Å². The van der Waals surface area contributed by atoms with Crippen molar-refractivity contribution >= 4 is 28.1 Å². The van der Waals surface area contributed by atoms with Crippen molar-refractivity contribution in [2.45, 2.75) is 32.1 Å². The fourth-order valence-corrected chi connectivity index (χ4v) is 3.78. The zero-order valence-electron chi connectivity index (χ0n) is 20.0. The molecule has 2 aromatic carbocycles. The van der Waals surface area contributed by atoms with Gasteiger partial charge in [0.05, 0.1) is 17.9 Å². The molecule has 0 spiro atoms. The lowest BCUT2D eigenvalue weighted by Crippen LogP contribution is -2.28. The summed E-state index contributed by atoms with van der Waals surface area (Å²) in [5.41, 5.74) is 0.613. The van der Waals surface area contributed by atoms with Gasteiger partial charge in [-0.25, -0.2) is 22.5 Å². The first-order chi connectivity index (χ1) is 17.3. The Morgan fingerprint density at radius 1 is 1.00 bits per heavy atom. The molecule has 1 amide bonds. The summed E-state index contributed by atoms with van der Waals surface area (Å²) in [6.45, 7) is 1.23. The number of benzene rings is 2. The molecule has 2 N–H and O–H groups in total. The molecule has 196 valence electrons. The largest absolute Gasteiger partial charge is 0.433 e. The topological polar surface area (TPSA) is 88.2 Å². The van der Waals surface area contributed by atoms with E-state index in [-0.39, 0.29) is 24.3 Å². The maximum absolute atomic E-state index is 14.4. The first-order valence-corrected chi connectivity index (χ1v) is 13.0. The normalized spacial score (nSPS) is 13.0. The molecule has 1 unspecified atom stereocenters. The highest BCUT2D eigenvalue weighted by molar-refractivity contribution is 7.88. The van der Waals surface area contributed by atoms with Crippen LogP contribution in [0.3, 0.4) is 0 Å². The molecule has 1 aromatic heterocycles. The van der Waals surface area contributed by atoms with Crippen molar-refractivity contribution in [1.82, 2.24) is 15.0 Å². The third-order valence-corrected chi connectivity index (χ3v) is 6.15. The van der Waals surface area contributed by atoms with Crippen LogP contribution in [0, 0.1) is 5.82 Å². The Labute approximate surface area is 212 Å². The molecule has 0 aliphatic heterocycles. The second-order valence-corrected chi connectivity index (χ2v) is 10.2. The third kappa shape index (κ3) is 8.22. The number of pyridine rings is 1. The number of aromatic nitrogens is 1. The lowest BCUT2D eigenvalue weighted by Gasteiger charge is -2.15. The standard InChI is InChI=1S/C26H25F4N3O3S/c1-17(19-9-10-20(22(27)14-19)16-32-37(2,35)36)25(34)31-15-21-11-13-24(26(28,29)30)33-23(21)12-8-18-6-4-3-5-7-18/h3-14,17,32H,15-16H2,1-2H3,(H,31,34). The predicted molar refractivity (Wildman–Crippen MR) is 133 cm³/mol. The average Bonchev–Trinajstić information content (AvgIpc) is 2.84. The number of carbonyl (C=O) groups is 1. The zero-order valence-corrected chi connectivity index (χ0v) is 20.8. The Hall–Kier alpha value is -3.57. The van der Waals surface area contributed by atoms with Gasteiger partial charge in [-0.2, -0.15) is 13.2 Å². The van der Waals surface area contributed by atoms with Gasteiger partial charge >= 0.3 is 6.18 Å². The van der Waals surface area contributed by atoms with Gasteiger partial charge in [0.25, 0.3) is 0 Å². The van der Waals surface area contributed by atoms with E-state index in [1.54, 1.807) is 37.3 Å². The lowest BCUT2D eigenvalue weighted by molar-refractivity contribution is -0.141. The molecular formula is C26H25F4N3O3S. The summed E-state index contributed by atoms with van der Waals surface area (Å²) in [5.74, 6) is -1.93. The van der Waals surface area contributed by atoms with Crippen molar-refractivity contribution in [2.24, 2.45) is 0 Å². The van der Waals surface area contributed by atoms with Crippen LogP contribution >= 0.6 is 0 Å². The summed E-state index contributed by atoms with van der Waals surface area (Å²) in [4.78, 5) is 16.5. The predicted octanol–water partition coefficient (Wildman–Crippen LogP) is 4.88. The monoisotopic (exact) mass is 535 g/mol. The van der Waals surface area contributed by atoms with Gasteiger partial charge in [0.15, 0.2) is 0 Å². The number of sulfonamides is 1. The van der Waals surface area contributed by atoms with Crippen LogP contribution in [-0.4, -0.2) is 25.6 Å². The second-order valence-electron chi connectivity index (χ2n) is 8.37. The third-order valence-electron chi connectivity index (χ3n) is 5.48. The van der Waals surface area contributed by atoms with E-state index >= 15 is 0 Å². The minimum absolute atomic E-state index is 0.0559. The Morgan fingerprint density at radius 2 is 1.68 bits per heavy atom. The van der Waals surface area contributed by atoms with E-state index in [4.69, 9.17) is 0 Å². The highest BCUT2D eigenvalue weighted by Gasteiger charge is 2.32. The summed E-state index contributed by atoms with van der Waals surface area (Å²) in [7, 11) is -3.50. The first kappa shape index (κ1) is 28.0. The fraction of sp³-hybridized carbons (Fsp3) is 0.231.